The van der Waals surface area contributed by atoms with E-state index in [-0.39, 0.29) is 35.5 Å². The first-order chi connectivity index (χ1) is 22.6. The van der Waals surface area contributed by atoms with Crippen molar-refractivity contribution in [2.45, 2.75) is 77.2 Å². The van der Waals surface area contributed by atoms with Gasteiger partial charge in [0.05, 0.1) is 43.0 Å². The van der Waals surface area contributed by atoms with Gasteiger partial charge in [0.2, 0.25) is 0 Å². The number of halogens is 1. The molecule has 2 aromatic heterocycles. The van der Waals surface area contributed by atoms with Gasteiger partial charge < -0.3 is 15.5 Å². The molecule has 0 radical (unpaired) electrons. The number of fused-ring (bicyclic) bond motifs is 6. The molecule has 5 unspecified atom stereocenters. The van der Waals surface area contributed by atoms with Crippen LogP contribution >= 0.6 is 0 Å². The predicted octanol–water partition coefficient (Wildman–Crippen LogP) is 4.85. The Morgan fingerprint density at radius 3 is 2.68 bits per heavy atom. The van der Waals surface area contributed by atoms with Crippen molar-refractivity contribution < 1.29 is 19.4 Å². The van der Waals surface area contributed by atoms with Gasteiger partial charge in [-0.2, -0.15) is 5.10 Å². The number of rotatable bonds is 6. The molecule has 3 fully saturated rings. The summed E-state index contributed by atoms with van der Waals surface area (Å²) in [6.07, 6.45) is 9.29. The molecule has 3 saturated carbocycles. The standard InChI is InChI=1S/C37H41FN6O3/c1-35-17-24-19-40-44(28-11-9-26(38)10-12-28)31(24)16-25(35)8-13-29-30-14-15-37(47,36(30,2)18-32(45)33(29)35)34(46)39-20-27-22-43(42-41-27)21-23-6-4-3-5-7-23/h3-7,9-12,16,19,22,29-30,32-33,45,47H,8,13-15,17-18,20-21H2,1-2H3,(H,39,46)/t29?,30?,32-,33?,35?,36?,37-/m0/s1. The highest BCUT2D eigenvalue weighted by Gasteiger charge is 2.68. The summed E-state index contributed by atoms with van der Waals surface area (Å²) in [6.45, 7) is 5.04. The second-order valence-corrected chi connectivity index (χ2v) is 14.7. The maximum atomic E-state index is 13.8. The molecule has 9 nitrogen and oxygen atoms in total. The third kappa shape index (κ3) is 4.70. The quantitative estimate of drug-likeness (QED) is 0.279. The Labute approximate surface area is 273 Å². The van der Waals surface area contributed by atoms with Crippen LogP contribution in [0.5, 0.6) is 0 Å². The minimum Gasteiger partial charge on any atom is -0.393 e. The summed E-state index contributed by atoms with van der Waals surface area (Å²) < 4.78 is 17.2. The summed E-state index contributed by atoms with van der Waals surface area (Å²) in [6, 6.07) is 16.4. The molecule has 244 valence electrons. The first-order valence-electron chi connectivity index (χ1n) is 16.7. The van der Waals surface area contributed by atoms with E-state index in [2.05, 4.69) is 33.7 Å². The van der Waals surface area contributed by atoms with Crippen molar-refractivity contribution in [2.24, 2.45) is 28.6 Å². The zero-order valence-corrected chi connectivity index (χ0v) is 26.8. The molecule has 0 bridgehead atoms. The van der Waals surface area contributed by atoms with Gasteiger partial charge in [-0.25, -0.2) is 13.8 Å². The molecule has 4 aliphatic carbocycles. The van der Waals surface area contributed by atoms with Crippen molar-refractivity contribution in [1.29, 1.82) is 0 Å². The monoisotopic (exact) mass is 636 g/mol. The summed E-state index contributed by atoms with van der Waals surface area (Å²) in [5.41, 5.74) is 3.38. The Bertz CT molecular complexity index is 1850. The molecule has 0 aliphatic heterocycles. The van der Waals surface area contributed by atoms with E-state index < -0.39 is 23.0 Å². The van der Waals surface area contributed by atoms with E-state index in [9.17, 15) is 19.4 Å². The van der Waals surface area contributed by atoms with Gasteiger partial charge in [-0.1, -0.05) is 55.0 Å². The Balaban J connectivity index is 0.996. The van der Waals surface area contributed by atoms with E-state index in [1.165, 1.54) is 17.7 Å². The molecule has 0 saturated heterocycles. The second kappa shape index (κ2) is 11.0. The van der Waals surface area contributed by atoms with Gasteiger partial charge in [-0.05, 0) is 103 Å². The van der Waals surface area contributed by atoms with E-state index in [1.54, 1.807) is 16.8 Å². The van der Waals surface area contributed by atoms with Gasteiger partial charge in [0.15, 0.2) is 0 Å². The van der Waals surface area contributed by atoms with Crippen LogP contribution in [-0.2, 0) is 24.3 Å². The normalized spacial score (nSPS) is 32.5. The number of benzene rings is 2. The van der Waals surface area contributed by atoms with Crippen LogP contribution < -0.4 is 5.32 Å². The highest BCUT2D eigenvalue weighted by atomic mass is 19.1. The number of carbonyl (C=O) groups excluding carboxylic acids is 1. The maximum Gasteiger partial charge on any atom is 0.252 e. The third-order valence-corrected chi connectivity index (χ3v) is 12.2. The van der Waals surface area contributed by atoms with Crippen LogP contribution in [0.25, 0.3) is 11.8 Å². The lowest BCUT2D eigenvalue weighted by Crippen LogP contribution is -2.63. The largest absolute Gasteiger partial charge is 0.393 e. The van der Waals surface area contributed by atoms with Crippen LogP contribution in [0.15, 0.2) is 72.6 Å². The highest BCUT2D eigenvalue weighted by molar-refractivity contribution is 5.86. The van der Waals surface area contributed by atoms with Gasteiger partial charge in [0.25, 0.3) is 5.91 Å². The fourth-order valence-electron chi connectivity index (χ4n) is 9.93. The van der Waals surface area contributed by atoms with Crippen molar-refractivity contribution in [1.82, 2.24) is 30.1 Å². The van der Waals surface area contributed by atoms with Gasteiger partial charge in [-0.3, -0.25) is 4.79 Å². The number of allylic oxidation sites excluding steroid dienone is 1. The number of hydrogen-bond donors (Lipinski definition) is 3. The zero-order chi connectivity index (χ0) is 32.6. The van der Waals surface area contributed by atoms with Crippen molar-refractivity contribution in [3.8, 4) is 5.69 Å². The van der Waals surface area contributed by atoms with Gasteiger partial charge >= 0.3 is 0 Å². The lowest BCUT2D eigenvalue weighted by Gasteiger charge is -2.60. The fraction of sp³-hybridized carbons (Fsp3) is 0.459. The fourth-order valence-corrected chi connectivity index (χ4v) is 9.93. The van der Waals surface area contributed by atoms with Crippen LogP contribution in [-0.4, -0.2) is 52.6 Å². The summed E-state index contributed by atoms with van der Waals surface area (Å²) in [4.78, 5) is 13.8. The molecular weight excluding hydrogens is 595 g/mol. The van der Waals surface area contributed by atoms with Crippen molar-refractivity contribution in [3.05, 3.63) is 101 Å². The smallest absolute Gasteiger partial charge is 0.252 e. The molecule has 10 heteroatoms. The summed E-state index contributed by atoms with van der Waals surface area (Å²) in [7, 11) is 0. The minimum atomic E-state index is -1.59. The molecule has 4 aliphatic rings. The Kier molecular flexibility index (Phi) is 7.04. The van der Waals surface area contributed by atoms with Crippen molar-refractivity contribution in [2.75, 3.05) is 0 Å². The predicted molar refractivity (Wildman–Crippen MR) is 173 cm³/mol. The Hall–Kier alpha value is -4.15. The van der Waals surface area contributed by atoms with Crippen LogP contribution in [0.4, 0.5) is 4.39 Å². The number of aliphatic hydroxyl groups excluding tert-OH is 1. The molecule has 1 amide bonds. The topological polar surface area (TPSA) is 118 Å². The first kappa shape index (κ1) is 30.2. The van der Waals surface area contributed by atoms with E-state index in [0.717, 1.165) is 48.2 Å². The maximum absolute atomic E-state index is 13.8. The number of aromatic nitrogens is 5. The average molecular weight is 637 g/mol. The highest BCUT2D eigenvalue weighted by Crippen LogP contribution is 2.67. The van der Waals surface area contributed by atoms with Crippen LogP contribution in [0.3, 0.4) is 0 Å². The van der Waals surface area contributed by atoms with E-state index in [0.29, 0.717) is 25.1 Å². The van der Waals surface area contributed by atoms with E-state index in [4.69, 9.17) is 0 Å². The van der Waals surface area contributed by atoms with E-state index in [1.807, 2.05) is 54.3 Å². The van der Waals surface area contributed by atoms with Gasteiger partial charge in [0, 0.05) is 5.41 Å². The summed E-state index contributed by atoms with van der Waals surface area (Å²) in [5.74, 6) is -0.381. The van der Waals surface area contributed by atoms with Gasteiger partial charge in [0.1, 0.15) is 17.1 Å². The van der Waals surface area contributed by atoms with E-state index >= 15 is 0 Å². The number of amides is 1. The Morgan fingerprint density at radius 2 is 1.89 bits per heavy atom. The number of nitrogens with one attached hydrogen (secondary N) is 1. The molecular formula is C37H41FN6O3. The number of nitrogens with zero attached hydrogens (tertiary/aromatic N) is 5. The molecule has 2 aromatic carbocycles. The molecule has 8 rings (SSSR count). The van der Waals surface area contributed by atoms with Crippen LogP contribution in [0.2, 0.25) is 0 Å². The second-order valence-electron chi connectivity index (χ2n) is 14.7. The van der Waals surface area contributed by atoms with Crippen molar-refractivity contribution in [3.63, 3.8) is 0 Å². The third-order valence-electron chi connectivity index (χ3n) is 12.2. The van der Waals surface area contributed by atoms with Crippen molar-refractivity contribution >= 4 is 12.0 Å². The zero-order valence-electron chi connectivity index (χ0n) is 26.8. The summed E-state index contributed by atoms with van der Waals surface area (Å²) in [5, 5.41) is 40.2. The minimum absolute atomic E-state index is 0.00737. The molecule has 47 heavy (non-hydrogen) atoms. The molecule has 7 atom stereocenters. The van der Waals surface area contributed by atoms with Crippen LogP contribution in [0, 0.1) is 34.4 Å². The molecule has 0 spiro atoms. The molecule has 4 aromatic rings. The molecule has 3 N–H and O–H groups in total. The lowest BCUT2D eigenvalue weighted by atomic mass is 9.45. The number of carbonyl (C=O) groups is 1. The number of hydrogen-bond acceptors (Lipinski definition) is 6. The first-order valence-corrected chi connectivity index (χ1v) is 16.7. The Morgan fingerprint density at radius 1 is 1.11 bits per heavy atom. The molecule has 2 heterocycles. The average Bonchev–Trinajstić information content (AvgIpc) is 3.75. The van der Waals surface area contributed by atoms with Gasteiger partial charge in [-0.15, -0.1) is 5.10 Å². The summed E-state index contributed by atoms with van der Waals surface area (Å²) >= 11 is 0. The lowest BCUT2D eigenvalue weighted by molar-refractivity contribution is -0.181. The van der Waals surface area contributed by atoms with Crippen LogP contribution in [0.1, 0.15) is 68.5 Å². The number of aliphatic hydroxyl groups is 2. The SMILES string of the molecule is CC12Cc3cnn(-c4ccc(F)cc4)c3C=C1CCC1C2[C@@H](O)CC2(C)C1CC[C@]2(O)C(=O)NCc1cn(Cc2ccccc2)nn1.